The molecule has 1 unspecified atom stereocenters. The highest BCUT2D eigenvalue weighted by Crippen LogP contribution is 2.31. The minimum absolute atomic E-state index is 0.0465. The number of nitrogens with zero attached hydrogens (tertiary/aromatic N) is 2. The predicted octanol–water partition coefficient (Wildman–Crippen LogP) is 1.68. The molecule has 1 aliphatic heterocycles. The summed E-state index contributed by atoms with van der Waals surface area (Å²) < 4.78 is 33.0. The summed E-state index contributed by atoms with van der Waals surface area (Å²) in [5, 5.41) is 9.29. The largest absolute Gasteiger partial charge is 0.497 e. The van der Waals surface area contributed by atoms with E-state index >= 15 is 0 Å². The Morgan fingerprint density at radius 2 is 1.84 bits per heavy atom. The topological polar surface area (TPSA) is 116 Å². The zero-order chi connectivity index (χ0) is 22.6. The number of anilines is 1. The number of benzene rings is 2. The van der Waals surface area contributed by atoms with Crippen LogP contribution in [0.2, 0.25) is 0 Å². The van der Waals surface area contributed by atoms with Crippen LogP contribution in [0.15, 0.2) is 65.6 Å². The van der Waals surface area contributed by atoms with Gasteiger partial charge < -0.3 is 9.64 Å². The molecule has 1 atom stereocenters. The van der Waals surface area contributed by atoms with Crippen LogP contribution in [0.3, 0.4) is 0 Å². The molecule has 1 aliphatic rings. The molecule has 2 aromatic carbocycles. The highest BCUT2D eigenvalue weighted by atomic mass is 32.2. The van der Waals surface area contributed by atoms with Gasteiger partial charge in [0.05, 0.1) is 18.6 Å². The number of sulfonamides is 1. The van der Waals surface area contributed by atoms with E-state index in [0.29, 0.717) is 17.0 Å². The number of fused-ring (bicyclic) bond motifs is 1. The maximum atomic E-state index is 13.5. The maximum absolute atomic E-state index is 13.5. The molecule has 10 heteroatoms. The fraction of sp³-hybridized carbons (Fsp3) is 0.238. The molecule has 0 fully saturated rings. The van der Waals surface area contributed by atoms with Crippen molar-refractivity contribution in [3.05, 3.63) is 66.2 Å². The van der Waals surface area contributed by atoms with Crippen LogP contribution in [0.1, 0.15) is 12.5 Å². The number of ether oxygens (including phenoxy) is 1. The predicted molar refractivity (Wildman–Crippen MR) is 113 cm³/mol. The molecule has 0 radical (unpaired) electrons. The van der Waals surface area contributed by atoms with Crippen molar-refractivity contribution in [1.29, 1.82) is 0 Å². The normalized spacial score (nSPS) is 17.1. The molecule has 2 aromatic rings. The molecule has 31 heavy (non-hydrogen) atoms. The van der Waals surface area contributed by atoms with Crippen molar-refractivity contribution in [3.63, 3.8) is 0 Å². The van der Waals surface area contributed by atoms with Gasteiger partial charge in [0.15, 0.2) is 0 Å². The van der Waals surface area contributed by atoms with E-state index in [4.69, 9.17) is 4.74 Å². The number of hydrogen-bond acceptors (Lipinski definition) is 6. The zero-order valence-corrected chi connectivity index (χ0v) is 17.9. The summed E-state index contributed by atoms with van der Waals surface area (Å²) in [6, 6.07) is 11.2. The van der Waals surface area contributed by atoms with E-state index in [1.807, 2.05) is 0 Å². The lowest BCUT2D eigenvalue weighted by atomic mass is 10.1. The van der Waals surface area contributed by atoms with E-state index in [-0.39, 0.29) is 18.0 Å². The Morgan fingerprint density at radius 3 is 2.45 bits per heavy atom. The Kier molecular flexibility index (Phi) is 6.74. The van der Waals surface area contributed by atoms with Crippen LogP contribution < -0.4 is 15.1 Å². The first-order valence-corrected chi connectivity index (χ1v) is 10.9. The van der Waals surface area contributed by atoms with Gasteiger partial charge in [-0.25, -0.2) is 13.9 Å². The number of hydroxylamine groups is 1. The molecule has 164 valence electrons. The van der Waals surface area contributed by atoms with Gasteiger partial charge >= 0.3 is 0 Å². The summed E-state index contributed by atoms with van der Waals surface area (Å²) >= 11 is 0. The third-order valence-corrected chi connectivity index (χ3v) is 6.83. The number of amides is 2. The van der Waals surface area contributed by atoms with Crippen molar-refractivity contribution in [2.75, 3.05) is 18.6 Å². The van der Waals surface area contributed by atoms with Gasteiger partial charge in [-0.15, -0.1) is 0 Å². The number of methoxy groups -OCH3 is 1. The van der Waals surface area contributed by atoms with Crippen molar-refractivity contribution < 1.29 is 28.0 Å². The Morgan fingerprint density at radius 1 is 1.16 bits per heavy atom. The SMILES string of the molecule is C/C=C/C(=O)N1CC(C(=O)NO)N(S(=O)(=O)c2ccc(OC)cc2)Cc2ccccc21. The van der Waals surface area contributed by atoms with Gasteiger partial charge in [-0.1, -0.05) is 24.3 Å². The van der Waals surface area contributed by atoms with Gasteiger partial charge in [0.1, 0.15) is 11.8 Å². The Labute approximate surface area is 180 Å². The first-order valence-electron chi connectivity index (χ1n) is 9.45. The number of para-hydroxylation sites is 1. The fourth-order valence-corrected chi connectivity index (χ4v) is 4.97. The second-order valence-corrected chi connectivity index (χ2v) is 8.69. The molecule has 0 spiro atoms. The van der Waals surface area contributed by atoms with Crippen LogP contribution in [-0.4, -0.2) is 49.4 Å². The quantitative estimate of drug-likeness (QED) is 0.411. The number of carbonyl (C=O) groups excluding carboxylic acids is 2. The van der Waals surface area contributed by atoms with Crippen molar-refractivity contribution in [1.82, 2.24) is 9.79 Å². The van der Waals surface area contributed by atoms with Crippen molar-refractivity contribution >= 4 is 27.5 Å². The summed E-state index contributed by atoms with van der Waals surface area (Å²) in [7, 11) is -2.70. The minimum Gasteiger partial charge on any atom is -0.497 e. The van der Waals surface area contributed by atoms with Crippen molar-refractivity contribution in [2.24, 2.45) is 0 Å². The third kappa shape index (κ3) is 4.46. The minimum atomic E-state index is -4.17. The average molecular weight is 445 g/mol. The molecule has 0 aliphatic carbocycles. The van der Waals surface area contributed by atoms with Gasteiger partial charge in [-0.3, -0.25) is 14.8 Å². The highest BCUT2D eigenvalue weighted by Gasteiger charge is 2.41. The lowest BCUT2D eigenvalue weighted by molar-refractivity contribution is -0.133. The summed E-state index contributed by atoms with van der Waals surface area (Å²) in [6.07, 6.45) is 2.89. The lowest BCUT2D eigenvalue weighted by Gasteiger charge is -2.29. The monoisotopic (exact) mass is 445 g/mol. The molecule has 0 saturated heterocycles. The molecule has 0 saturated carbocycles. The molecule has 9 nitrogen and oxygen atoms in total. The zero-order valence-electron chi connectivity index (χ0n) is 17.1. The molecule has 0 aromatic heterocycles. The lowest BCUT2D eigenvalue weighted by Crippen LogP contribution is -2.53. The summed E-state index contributed by atoms with van der Waals surface area (Å²) in [5.41, 5.74) is 2.57. The fourth-order valence-electron chi connectivity index (χ4n) is 3.41. The number of rotatable bonds is 5. The van der Waals surface area contributed by atoms with E-state index in [2.05, 4.69) is 0 Å². The number of carbonyl (C=O) groups is 2. The number of allylic oxidation sites excluding steroid dienone is 1. The van der Waals surface area contributed by atoms with Gasteiger partial charge in [-0.2, -0.15) is 4.31 Å². The molecule has 0 bridgehead atoms. The van der Waals surface area contributed by atoms with Gasteiger partial charge in [0.2, 0.25) is 10.0 Å². The van der Waals surface area contributed by atoms with Crippen LogP contribution in [-0.2, 0) is 26.2 Å². The van der Waals surface area contributed by atoms with Crippen LogP contribution in [0.25, 0.3) is 0 Å². The molecule has 1 heterocycles. The summed E-state index contributed by atoms with van der Waals surface area (Å²) in [5.74, 6) is -0.870. The van der Waals surface area contributed by atoms with Crippen LogP contribution in [0.5, 0.6) is 5.75 Å². The second-order valence-electron chi connectivity index (χ2n) is 6.80. The van der Waals surface area contributed by atoms with Crippen molar-refractivity contribution in [2.45, 2.75) is 24.4 Å². The number of nitrogens with one attached hydrogen (secondary N) is 1. The van der Waals surface area contributed by atoms with Crippen LogP contribution in [0.4, 0.5) is 5.69 Å². The first kappa shape index (κ1) is 22.5. The van der Waals surface area contributed by atoms with Gasteiger partial charge in [0.25, 0.3) is 11.8 Å². The average Bonchev–Trinajstić information content (AvgIpc) is 2.96. The van der Waals surface area contributed by atoms with Crippen molar-refractivity contribution in [3.8, 4) is 5.75 Å². The molecule has 3 rings (SSSR count). The molecule has 2 amide bonds. The highest BCUT2D eigenvalue weighted by molar-refractivity contribution is 7.89. The second kappa shape index (κ2) is 9.29. The molecular weight excluding hydrogens is 422 g/mol. The van der Waals surface area contributed by atoms with E-state index in [9.17, 15) is 23.2 Å². The van der Waals surface area contributed by atoms with Gasteiger partial charge in [-0.05, 0) is 48.9 Å². The Hall–Kier alpha value is -3.21. The third-order valence-electron chi connectivity index (χ3n) is 4.97. The number of hydrogen-bond donors (Lipinski definition) is 2. The van der Waals surface area contributed by atoms with Gasteiger partial charge in [0, 0.05) is 12.2 Å². The standard InChI is InChI=1S/C21H23N3O6S/c1-3-6-20(25)23-14-19(21(26)22-27)24(13-15-7-4-5-8-18(15)23)31(28,29)17-11-9-16(30-2)10-12-17/h3-12,19,27H,13-14H2,1-2H3,(H,22,26)/b6-3+. The van der Waals surface area contributed by atoms with E-state index in [1.165, 1.54) is 47.8 Å². The smallest absolute Gasteiger partial charge is 0.263 e. The molecule has 2 N–H and O–H groups in total. The Bertz CT molecular complexity index is 1100. The Balaban J connectivity index is 2.14. The van der Waals surface area contributed by atoms with Crippen LogP contribution in [0, 0.1) is 0 Å². The summed E-state index contributed by atoms with van der Waals surface area (Å²) in [4.78, 5) is 26.6. The van der Waals surface area contributed by atoms with E-state index in [0.717, 1.165) is 4.31 Å². The van der Waals surface area contributed by atoms with E-state index in [1.54, 1.807) is 37.3 Å². The van der Waals surface area contributed by atoms with Crippen LogP contribution >= 0.6 is 0 Å². The summed E-state index contributed by atoms with van der Waals surface area (Å²) in [6.45, 7) is 1.24. The van der Waals surface area contributed by atoms with E-state index < -0.39 is 27.9 Å². The first-order chi connectivity index (χ1) is 14.8. The molecular formula is C21H23N3O6S. The maximum Gasteiger partial charge on any atom is 0.263 e.